The van der Waals surface area contributed by atoms with E-state index in [1.165, 1.54) is 6.42 Å². The molecule has 2 saturated heterocycles. The summed E-state index contributed by atoms with van der Waals surface area (Å²) >= 11 is 0. The van der Waals surface area contributed by atoms with Crippen molar-refractivity contribution >= 4 is 11.8 Å². The lowest BCUT2D eigenvalue weighted by Gasteiger charge is -2.37. The Kier molecular flexibility index (Phi) is 3.76. The van der Waals surface area contributed by atoms with Gasteiger partial charge in [-0.1, -0.05) is 6.42 Å². The second-order valence-electron chi connectivity index (χ2n) is 6.26. The molecule has 2 amide bonds. The molecule has 4 heteroatoms. The number of amides is 2. The lowest BCUT2D eigenvalue weighted by Crippen LogP contribution is -2.46. The molecule has 0 aromatic rings. The van der Waals surface area contributed by atoms with Gasteiger partial charge in [0.25, 0.3) is 0 Å². The van der Waals surface area contributed by atoms with Crippen molar-refractivity contribution in [3.05, 3.63) is 0 Å². The molecule has 3 rings (SSSR count). The van der Waals surface area contributed by atoms with Gasteiger partial charge in [-0.2, -0.15) is 0 Å². The van der Waals surface area contributed by atoms with E-state index in [9.17, 15) is 9.59 Å². The lowest BCUT2D eigenvalue weighted by molar-refractivity contribution is -0.143. The molecule has 106 valence electrons. The molecule has 0 N–H and O–H groups in total. The minimum Gasteiger partial charge on any atom is -0.342 e. The molecule has 2 heterocycles. The van der Waals surface area contributed by atoms with E-state index in [1.807, 2.05) is 9.80 Å². The van der Waals surface area contributed by atoms with E-state index in [0.29, 0.717) is 17.7 Å². The Bertz CT molecular complexity index is 351. The fraction of sp³-hybridized carbons (Fsp3) is 0.867. The smallest absolute Gasteiger partial charge is 0.225 e. The van der Waals surface area contributed by atoms with Gasteiger partial charge in [0.1, 0.15) is 0 Å². The van der Waals surface area contributed by atoms with Crippen LogP contribution in [0.25, 0.3) is 0 Å². The summed E-state index contributed by atoms with van der Waals surface area (Å²) in [4.78, 5) is 28.5. The molecule has 4 nitrogen and oxygen atoms in total. The van der Waals surface area contributed by atoms with Crippen molar-refractivity contribution in [1.29, 1.82) is 0 Å². The van der Waals surface area contributed by atoms with Gasteiger partial charge in [-0.05, 0) is 38.5 Å². The molecule has 0 spiro atoms. The van der Waals surface area contributed by atoms with E-state index >= 15 is 0 Å². The Morgan fingerprint density at radius 3 is 1.58 bits per heavy atom. The first-order valence-electron chi connectivity index (χ1n) is 7.83. The lowest BCUT2D eigenvalue weighted by atomic mass is 9.83. The largest absolute Gasteiger partial charge is 0.342 e. The molecule has 3 aliphatic rings. The maximum atomic E-state index is 12.3. The summed E-state index contributed by atoms with van der Waals surface area (Å²) in [5.74, 6) is 1.15. The van der Waals surface area contributed by atoms with Crippen molar-refractivity contribution in [3.63, 3.8) is 0 Å². The Balaban J connectivity index is 1.48. The summed E-state index contributed by atoms with van der Waals surface area (Å²) in [6.07, 6.45) is 7.41. The second kappa shape index (κ2) is 5.51. The molecule has 19 heavy (non-hydrogen) atoms. The molecule has 0 radical (unpaired) electrons. The van der Waals surface area contributed by atoms with Gasteiger partial charge >= 0.3 is 0 Å². The molecule has 0 aromatic carbocycles. The highest BCUT2D eigenvalue weighted by molar-refractivity contribution is 5.81. The van der Waals surface area contributed by atoms with Gasteiger partial charge in [-0.15, -0.1) is 0 Å². The zero-order valence-corrected chi connectivity index (χ0v) is 11.6. The summed E-state index contributed by atoms with van der Waals surface area (Å²) < 4.78 is 0. The standard InChI is InChI=1S/C15H24N2O2/c18-14(12-4-3-5-12)17-10-6-13(7-11-17)15(19)16-8-1-2-9-16/h12-13H,1-11H2. The molecule has 0 unspecified atom stereocenters. The quantitative estimate of drug-likeness (QED) is 0.761. The number of carbonyl (C=O) groups is 2. The third kappa shape index (κ3) is 2.63. The summed E-state index contributed by atoms with van der Waals surface area (Å²) in [5, 5.41) is 0. The molecule has 1 aliphatic carbocycles. The van der Waals surface area contributed by atoms with Crippen LogP contribution in [0.3, 0.4) is 0 Å². The summed E-state index contributed by atoms with van der Waals surface area (Å²) in [7, 11) is 0. The van der Waals surface area contributed by atoms with Crippen LogP contribution in [0.5, 0.6) is 0 Å². The van der Waals surface area contributed by atoms with Gasteiger partial charge in [-0.3, -0.25) is 9.59 Å². The van der Waals surface area contributed by atoms with Crippen LogP contribution in [0.1, 0.15) is 44.9 Å². The normalized spacial score (nSPS) is 25.5. The van der Waals surface area contributed by atoms with Crippen LogP contribution in [0.4, 0.5) is 0 Å². The maximum absolute atomic E-state index is 12.3. The highest BCUT2D eigenvalue weighted by Gasteiger charge is 2.34. The van der Waals surface area contributed by atoms with Crippen LogP contribution in [0, 0.1) is 11.8 Å². The third-order valence-electron chi connectivity index (χ3n) is 5.03. The Morgan fingerprint density at radius 1 is 0.632 bits per heavy atom. The van der Waals surface area contributed by atoms with Crippen molar-refractivity contribution in [2.45, 2.75) is 44.9 Å². The summed E-state index contributed by atoms with van der Waals surface area (Å²) in [6, 6.07) is 0. The van der Waals surface area contributed by atoms with E-state index in [-0.39, 0.29) is 5.92 Å². The summed E-state index contributed by atoms with van der Waals surface area (Å²) in [5.41, 5.74) is 0. The fourth-order valence-electron chi connectivity index (χ4n) is 3.46. The van der Waals surface area contributed by atoms with E-state index in [2.05, 4.69) is 0 Å². The van der Waals surface area contributed by atoms with Crippen LogP contribution >= 0.6 is 0 Å². The molecular formula is C15H24N2O2. The van der Waals surface area contributed by atoms with Gasteiger partial charge in [-0.25, -0.2) is 0 Å². The number of nitrogens with zero attached hydrogens (tertiary/aromatic N) is 2. The number of likely N-dealkylation sites (tertiary alicyclic amines) is 2. The van der Waals surface area contributed by atoms with Crippen LogP contribution in [0.15, 0.2) is 0 Å². The molecule has 3 fully saturated rings. The van der Waals surface area contributed by atoms with Gasteiger partial charge < -0.3 is 9.80 Å². The third-order valence-corrected chi connectivity index (χ3v) is 5.03. The first-order chi connectivity index (χ1) is 9.25. The predicted octanol–water partition coefficient (Wildman–Crippen LogP) is 1.65. The Morgan fingerprint density at radius 2 is 1.11 bits per heavy atom. The van der Waals surface area contributed by atoms with E-state index in [0.717, 1.165) is 64.7 Å². The van der Waals surface area contributed by atoms with Gasteiger partial charge in [0.2, 0.25) is 11.8 Å². The Hall–Kier alpha value is -1.06. The van der Waals surface area contributed by atoms with Crippen molar-refractivity contribution < 1.29 is 9.59 Å². The number of carbonyl (C=O) groups excluding carboxylic acids is 2. The predicted molar refractivity (Wildman–Crippen MR) is 72.5 cm³/mol. The molecular weight excluding hydrogens is 240 g/mol. The zero-order chi connectivity index (χ0) is 13.2. The molecule has 0 atom stereocenters. The number of piperidine rings is 1. The molecule has 0 aromatic heterocycles. The fourth-order valence-corrected chi connectivity index (χ4v) is 3.46. The molecule has 2 aliphatic heterocycles. The van der Waals surface area contributed by atoms with Crippen molar-refractivity contribution in [2.24, 2.45) is 11.8 Å². The molecule has 0 bridgehead atoms. The van der Waals surface area contributed by atoms with Crippen LogP contribution < -0.4 is 0 Å². The average molecular weight is 264 g/mol. The van der Waals surface area contributed by atoms with Gasteiger partial charge in [0.15, 0.2) is 0 Å². The zero-order valence-electron chi connectivity index (χ0n) is 11.6. The highest BCUT2D eigenvalue weighted by atomic mass is 16.2. The summed E-state index contributed by atoms with van der Waals surface area (Å²) in [6.45, 7) is 3.47. The SMILES string of the molecule is O=C(C1CCN(C(=O)C2CCC2)CC1)N1CCCC1. The number of hydrogen-bond acceptors (Lipinski definition) is 2. The average Bonchev–Trinajstić information content (AvgIpc) is 2.90. The minimum absolute atomic E-state index is 0.170. The van der Waals surface area contributed by atoms with Crippen molar-refractivity contribution in [3.8, 4) is 0 Å². The highest BCUT2D eigenvalue weighted by Crippen LogP contribution is 2.30. The number of hydrogen-bond donors (Lipinski definition) is 0. The van der Waals surface area contributed by atoms with Gasteiger partial charge in [0.05, 0.1) is 0 Å². The maximum Gasteiger partial charge on any atom is 0.225 e. The van der Waals surface area contributed by atoms with Crippen molar-refractivity contribution in [2.75, 3.05) is 26.2 Å². The van der Waals surface area contributed by atoms with Crippen LogP contribution in [-0.4, -0.2) is 47.8 Å². The van der Waals surface area contributed by atoms with E-state index < -0.39 is 0 Å². The minimum atomic E-state index is 0.170. The monoisotopic (exact) mass is 264 g/mol. The van der Waals surface area contributed by atoms with Crippen LogP contribution in [-0.2, 0) is 9.59 Å². The van der Waals surface area contributed by atoms with Crippen LogP contribution in [0.2, 0.25) is 0 Å². The van der Waals surface area contributed by atoms with E-state index in [4.69, 9.17) is 0 Å². The van der Waals surface area contributed by atoms with Crippen molar-refractivity contribution in [1.82, 2.24) is 9.80 Å². The van der Waals surface area contributed by atoms with Gasteiger partial charge in [0, 0.05) is 38.0 Å². The number of rotatable bonds is 2. The molecule has 1 saturated carbocycles. The second-order valence-corrected chi connectivity index (χ2v) is 6.26. The first-order valence-corrected chi connectivity index (χ1v) is 7.83. The first kappa shape index (κ1) is 12.9. The Labute approximate surface area is 115 Å². The topological polar surface area (TPSA) is 40.6 Å². The van der Waals surface area contributed by atoms with E-state index in [1.54, 1.807) is 0 Å².